The number of aromatic nitrogens is 4. The fraction of sp³-hybridized carbons (Fsp3) is 0.308. The Morgan fingerprint density at radius 1 is 1.03 bits per heavy atom. The number of nitrogens with one attached hydrogen (secondary N) is 1. The van der Waals surface area contributed by atoms with Gasteiger partial charge in [0.2, 0.25) is 5.88 Å². The summed E-state index contributed by atoms with van der Waals surface area (Å²) in [6.45, 7) is 8.47. The molecule has 7 nitrogen and oxygen atoms in total. The van der Waals surface area contributed by atoms with Crippen LogP contribution in [-0.4, -0.2) is 37.8 Å². The third-order valence-electron chi connectivity index (χ3n) is 5.26. The van der Waals surface area contributed by atoms with Crippen molar-refractivity contribution in [3.63, 3.8) is 0 Å². The highest BCUT2D eigenvalue weighted by Gasteiger charge is 2.16. The Balaban J connectivity index is 0.000000555. The molecule has 0 radical (unpaired) electrons. The van der Waals surface area contributed by atoms with Gasteiger partial charge in [0.25, 0.3) is 5.78 Å². The Morgan fingerprint density at radius 2 is 1.76 bits per heavy atom. The Labute approximate surface area is 194 Å². The molecular formula is C26H30N6O. The van der Waals surface area contributed by atoms with Crippen molar-refractivity contribution in [2.45, 2.75) is 40.0 Å². The third-order valence-corrected chi connectivity index (χ3v) is 5.26. The van der Waals surface area contributed by atoms with Crippen molar-refractivity contribution in [1.82, 2.24) is 24.9 Å². The minimum absolute atomic E-state index is 0.0878. The summed E-state index contributed by atoms with van der Waals surface area (Å²) in [4.78, 5) is 8.65. The highest BCUT2D eigenvalue weighted by atomic mass is 16.3. The topological polar surface area (TPSA) is 99.1 Å². The lowest BCUT2D eigenvalue weighted by Crippen LogP contribution is -2.09. The van der Waals surface area contributed by atoms with Crippen LogP contribution in [0.1, 0.15) is 49.6 Å². The lowest BCUT2D eigenvalue weighted by molar-refractivity contribution is 0.427. The second kappa shape index (κ2) is 11.7. The van der Waals surface area contributed by atoms with Crippen molar-refractivity contribution in [2.75, 3.05) is 13.1 Å². The monoisotopic (exact) mass is 442 g/mol. The number of fused-ring (bicyclic) bond motifs is 1. The molecule has 7 heteroatoms. The molecule has 0 amide bonds. The van der Waals surface area contributed by atoms with Crippen LogP contribution in [0.2, 0.25) is 0 Å². The molecule has 0 fully saturated rings. The zero-order valence-corrected chi connectivity index (χ0v) is 19.4. The lowest BCUT2D eigenvalue weighted by atomic mass is 9.97. The molecule has 0 atom stereocenters. The molecule has 2 heterocycles. The molecule has 170 valence electrons. The zero-order valence-electron chi connectivity index (χ0n) is 19.4. The number of aryl methyl sites for hydroxylation is 1. The smallest absolute Gasteiger partial charge is 0.255 e. The van der Waals surface area contributed by atoms with Gasteiger partial charge in [0, 0.05) is 12.0 Å². The van der Waals surface area contributed by atoms with Crippen LogP contribution in [0.4, 0.5) is 0 Å². The molecule has 0 aliphatic rings. The molecule has 4 rings (SSSR count). The number of hydrogen-bond acceptors (Lipinski definition) is 6. The number of nitrogens with zero attached hydrogens (tertiary/aromatic N) is 5. The van der Waals surface area contributed by atoms with Gasteiger partial charge in [-0.05, 0) is 42.3 Å². The Bertz CT molecular complexity index is 1220. The van der Waals surface area contributed by atoms with Gasteiger partial charge in [0.05, 0.1) is 17.3 Å². The molecule has 33 heavy (non-hydrogen) atoms. The molecule has 2 N–H and O–H groups in total. The first-order chi connectivity index (χ1) is 16.1. The molecule has 0 aliphatic carbocycles. The van der Waals surface area contributed by atoms with Crippen molar-refractivity contribution in [3.8, 4) is 23.1 Å². The van der Waals surface area contributed by atoms with Crippen molar-refractivity contribution in [2.24, 2.45) is 0 Å². The van der Waals surface area contributed by atoms with Crippen LogP contribution in [0.3, 0.4) is 0 Å². The van der Waals surface area contributed by atoms with Gasteiger partial charge in [-0.2, -0.15) is 19.9 Å². The normalized spacial score (nSPS) is 10.5. The maximum absolute atomic E-state index is 10.7. The summed E-state index contributed by atoms with van der Waals surface area (Å²) in [6.07, 6.45) is 3.63. The van der Waals surface area contributed by atoms with Crippen LogP contribution in [-0.2, 0) is 12.8 Å². The molecular weight excluding hydrogens is 412 g/mol. The summed E-state index contributed by atoms with van der Waals surface area (Å²) in [7, 11) is 0. The average molecular weight is 443 g/mol. The minimum Gasteiger partial charge on any atom is -0.493 e. The number of rotatable bonds is 7. The van der Waals surface area contributed by atoms with Gasteiger partial charge in [-0.3, -0.25) is 0 Å². The van der Waals surface area contributed by atoms with Gasteiger partial charge in [-0.25, -0.2) is 4.98 Å². The Morgan fingerprint density at radius 3 is 2.39 bits per heavy atom. The van der Waals surface area contributed by atoms with Crippen molar-refractivity contribution in [1.29, 1.82) is 5.26 Å². The summed E-state index contributed by atoms with van der Waals surface area (Å²) < 4.78 is 1.37. The third kappa shape index (κ3) is 5.73. The summed E-state index contributed by atoms with van der Waals surface area (Å²) in [6, 6.07) is 17.8. The van der Waals surface area contributed by atoms with E-state index in [1.165, 1.54) is 10.8 Å². The zero-order chi connectivity index (χ0) is 23.6. The van der Waals surface area contributed by atoms with Crippen LogP contribution in [0.5, 0.6) is 5.88 Å². The highest BCUT2D eigenvalue weighted by molar-refractivity contribution is 5.70. The SMILES string of the molecule is CCCc1nc2ncnn2c(O)c1Cc1ccc(-c2ccccc2C#N)cc1.CCNCC. The predicted molar refractivity (Wildman–Crippen MR) is 130 cm³/mol. The number of hydrogen-bond donors (Lipinski definition) is 2. The number of benzene rings is 2. The van der Waals surface area contributed by atoms with Gasteiger partial charge in [-0.15, -0.1) is 0 Å². The van der Waals surface area contributed by atoms with Crippen molar-refractivity contribution >= 4 is 5.78 Å². The molecule has 0 unspecified atom stereocenters. The second-order valence-corrected chi connectivity index (χ2v) is 7.57. The first-order valence-electron chi connectivity index (χ1n) is 11.3. The Hall–Kier alpha value is -3.76. The predicted octanol–water partition coefficient (Wildman–Crippen LogP) is 4.53. The van der Waals surface area contributed by atoms with E-state index in [2.05, 4.69) is 47.2 Å². The van der Waals surface area contributed by atoms with E-state index in [-0.39, 0.29) is 5.88 Å². The average Bonchev–Trinajstić information content (AvgIpc) is 3.32. The molecule has 0 aliphatic heterocycles. The van der Waals surface area contributed by atoms with E-state index in [0.29, 0.717) is 17.8 Å². The molecule has 0 bridgehead atoms. The molecule has 2 aromatic carbocycles. The van der Waals surface area contributed by atoms with E-state index < -0.39 is 0 Å². The van der Waals surface area contributed by atoms with Gasteiger partial charge < -0.3 is 10.4 Å². The van der Waals surface area contributed by atoms with Gasteiger partial charge in [-0.1, -0.05) is 69.7 Å². The first-order valence-corrected chi connectivity index (χ1v) is 11.3. The molecule has 0 saturated carbocycles. The molecule has 0 spiro atoms. The number of nitriles is 1. The van der Waals surface area contributed by atoms with E-state index in [4.69, 9.17) is 0 Å². The van der Waals surface area contributed by atoms with Crippen molar-refractivity contribution < 1.29 is 5.11 Å². The molecule has 4 aromatic rings. The van der Waals surface area contributed by atoms with E-state index in [1.54, 1.807) is 0 Å². The minimum atomic E-state index is 0.0878. The summed E-state index contributed by atoms with van der Waals surface area (Å²) in [5.74, 6) is 0.498. The van der Waals surface area contributed by atoms with Crippen LogP contribution in [0.15, 0.2) is 54.9 Å². The van der Waals surface area contributed by atoms with Crippen LogP contribution in [0.25, 0.3) is 16.9 Å². The standard InChI is InChI=1S/C22H19N5O.C4H11N/c1-2-5-20-19(21(28)27-22(26-20)24-14-25-27)12-15-8-10-16(11-9-15)18-7-4-3-6-17(18)13-23;1-3-5-4-2/h3-4,6-11,14,28H,2,5,12H2,1H3;5H,3-4H2,1-2H3. The summed E-state index contributed by atoms with van der Waals surface area (Å²) >= 11 is 0. The van der Waals surface area contributed by atoms with Gasteiger partial charge in [0.1, 0.15) is 6.33 Å². The maximum Gasteiger partial charge on any atom is 0.255 e. The number of aromatic hydroxyl groups is 1. The molecule has 2 aromatic heterocycles. The van der Waals surface area contributed by atoms with E-state index in [0.717, 1.165) is 53.9 Å². The summed E-state index contributed by atoms with van der Waals surface area (Å²) in [5.41, 5.74) is 5.22. The van der Waals surface area contributed by atoms with Gasteiger partial charge >= 0.3 is 0 Å². The Kier molecular flexibility index (Phi) is 8.50. The second-order valence-electron chi connectivity index (χ2n) is 7.57. The maximum atomic E-state index is 10.7. The van der Waals surface area contributed by atoms with E-state index in [9.17, 15) is 10.4 Å². The highest BCUT2D eigenvalue weighted by Crippen LogP contribution is 2.27. The quantitative estimate of drug-likeness (QED) is 0.436. The fourth-order valence-electron chi connectivity index (χ4n) is 3.62. The van der Waals surface area contributed by atoms with E-state index >= 15 is 0 Å². The van der Waals surface area contributed by atoms with E-state index in [1.807, 2.05) is 48.5 Å². The first kappa shape index (κ1) is 23.9. The van der Waals surface area contributed by atoms with Gasteiger partial charge in [0.15, 0.2) is 0 Å². The largest absolute Gasteiger partial charge is 0.493 e. The fourth-order valence-corrected chi connectivity index (χ4v) is 3.62. The lowest BCUT2D eigenvalue weighted by Gasteiger charge is -2.12. The van der Waals surface area contributed by atoms with Crippen molar-refractivity contribution in [3.05, 3.63) is 77.2 Å². The summed E-state index contributed by atoms with van der Waals surface area (Å²) in [5, 5.41) is 27.2. The van der Waals surface area contributed by atoms with Crippen LogP contribution >= 0.6 is 0 Å². The van der Waals surface area contributed by atoms with Crippen LogP contribution < -0.4 is 5.32 Å². The molecule has 0 saturated heterocycles. The van der Waals surface area contributed by atoms with Crippen LogP contribution in [0, 0.1) is 11.3 Å².